The van der Waals surface area contributed by atoms with Gasteiger partial charge in [0.15, 0.2) is 0 Å². The van der Waals surface area contributed by atoms with Crippen molar-refractivity contribution < 1.29 is 0 Å². The Kier molecular flexibility index (Phi) is 2.45. The molecule has 1 aliphatic carbocycles. The molecule has 0 radical (unpaired) electrons. The van der Waals surface area contributed by atoms with Crippen molar-refractivity contribution in [3.05, 3.63) is 28.8 Å². The van der Waals surface area contributed by atoms with Crippen molar-refractivity contribution in [2.45, 2.75) is 32.2 Å². The average Bonchev–Trinajstić information content (AvgIpc) is 3.01. The van der Waals surface area contributed by atoms with Gasteiger partial charge in [-0.1, -0.05) is 12.1 Å². The van der Waals surface area contributed by atoms with Gasteiger partial charge in [-0.25, -0.2) is 4.98 Å². The number of nitrogens with zero attached hydrogens (tertiary/aromatic N) is 1. The fourth-order valence-corrected chi connectivity index (χ4v) is 3.23. The highest BCUT2D eigenvalue weighted by molar-refractivity contribution is 7.18. The van der Waals surface area contributed by atoms with Crippen LogP contribution >= 0.6 is 11.3 Å². The quantitative estimate of drug-likeness (QED) is 0.883. The molecular formula is C13H16N2S. The summed E-state index contributed by atoms with van der Waals surface area (Å²) in [6, 6.07) is 6.68. The number of thiazole rings is 1. The first-order chi connectivity index (χ1) is 7.74. The SMILES string of the molecule is Cc1cccc2sc(CC(N)C3CC3)nc12. The second-order valence-electron chi connectivity index (χ2n) is 4.73. The third-order valence-corrected chi connectivity index (χ3v) is 4.35. The van der Waals surface area contributed by atoms with E-state index in [1.165, 1.54) is 28.1 Å². The molecular weight excluding hydrogens is 216 g/mol. The van der Waals surface area contributed by atoms with Gasteiger partial charge in [-0.15, -0.1) is 11.3 Å². The summed E-state index contributed by atoms with van der Waals surface area (Å²) < 4.78 is 1.29. The third-order valence-electron chi connectivity index (χ3n) is 3.30. The lowest BCUT2D eigenvalue weighted by atomic mass is 10.1. The van der Waals surface area contributed by atoms with Gasteiger partial charge in [-0.3, -0.25) is 0 Å². The maximum absolute atomic E-state index is 6.14. The fraction of sp³-hybridized carbons (Fsp3) is 0.462. The van der Waals surface area contributed by atoms with Crippen LogP contribution in [0.1, 0.15) is 23.4 Å². The summed E-state index contributed by atoms with van der Waals surface area (Å²) in [7, 11) is 0. The van der Waals surface area contributed by atoms with Gasteiger partial charge >= 0.3 is 0 Å². The Morgan fingerprint density at radius 2 is 2.31 bits per heavy atom. The number of para-hydroxylation sites is 1. The van der Waals surface area contributed by atoms with E-state index < -0.39 is 0 Å². The number of aryl methyl sites for hydroxylation is 1. The molecule has 3 heteroatoms. The van der Waals surface area contributed by atoms with E-state index in [-0.39, 0.29) is 0 Å². The van der Waals surface area contributed by atoms with E-state index in [0.717, 1.165) is 17.9 Å². The largest absolute Gasteiger partial charge is 0.327 e. The van der Waals surface area contributed by atoms with Crippen molar-refractivity contribution >= 4 is 21.6 Å². The lowest BCUT2D eigenvalue weighted by molar-refractivity contribution is 0.590. The highest BCUT2D eigenvalue weighted by Crippen LogP contribution is 2.34. The topological polar surface area (TPSA) is 38.9 Å². The van der Waals surface area contributed by atoms with Crippen LogP contribution in [0.2, 0.25) is 0 Å². The summed E-state index contributed by atoms with van der Waals surface area (Å²) in [6.45, 7) is 2.12. The van der Waals surface area contributed by atoms with Crippen LogP contribution in [0.4, 0.5) is 0 Å². The Hall–Kier alpha value is -0.930. The van der Waals surface area contributed by atoms with E-state index in [1.807, 2.05) is 0 Å². The molecule has 2 N–H and O–H groups in total. The summed E-state index contributed by atoms with van der Waals surface area (Å²) in [5.74, 6) is 0.758. The van der Waals surface area contributed by atoms with Crippen LogP contribution in [0.3, 0.4) is 0 Å². The van der Waals surface area contributed by atoms with E-state index in [4.69, 9.17) is 10.7 Å². The fourth-order valence-electron chi connectivity index (χ4n) is 2.11. The Morgan fingerprint density at radius 1 is 1.50 bits per heavy atom. The second kappa shape index (κ2) is 3.82. The van der Waals surface area contributed by atoms with Crippen molar-refractivity contribution in [2.24, 2.45) is 11.7 Å². The molecule has 1 atom stereocenters. The van der Waals surface area contributed by atoms with Crippen LogP contribution < -0.4 is 5.73 Å². The maximum atomic E-state index is 6.14. The van der Waals surface area contributed by atoms with Crippen LogP contribution in [0.15, 0.2) is 18.2 Å². The summed E-state index contributed by atoms with van der Waals surface area (Å²) in [5, 5.41) is 1.20. The maximum Gasteiger partial charge on any atom is 0.0954 e. The predicted octanol–water partition coefficient (Wildman–Crippen LogP) is 2.88. The van der Waals surface area contributed by atoms with Gasteiger partial charge in [0, 0.05) is 12.5 Å². The number of rotatable bonds is 3. The molecule has 3 rings (SSSR count). The molecule has 1 unspecified atom stereocenters. The van der Waals surface area contributed by atoms with Crippen molar-refractivity contribution in [3.63, 3.8) is 0 Å². The zero-order valence-electron chi connectivity index (χ0n) is 9.44. The Bertz CT molecular complexity index is 514. The summed E-state index contributed by atoms with van der Waals surface area (Å²) in [5.41, 5.74) is 8.56. The number of hydrogen-bond acceptors (Lipinski definition) is 3. The molecule has 1 aromatic heterocycles. The zero-order valence-corrected chi connectivity index (χ0v) is 10.3. The minimum atomic E-state index is 0.320. The van der Waals surface area contributed by atoms with Gasteiger partial charge in [0.2, 0.25) is 0 Å². The third kappa shape index (κ3) is 1.85. The van der Waals surface area contributed by atoms with Crippen molar-refractivity contribution in [1.29, 1.82) is 0 Å². The monoisotopic (exact) mass is 232 g/mol. The summed E-state index contributed by atoms with van der Waals surface area (Å²) in [6.07, 6.45) is 3.57. The average molecular weight is 232 g/mol. The summed E-state index contributed by atoms with van der Waals surface area (Å²) >= 11 is 1.79. The second-order valence-corrected chi connectivity index (χ2v) is 5.85. The van der Waals surface area contributed by atoms with Crippen molar-refractivity contribution in [2.75, 3.05) is 0 Å². The number of fused-ring (bicyclic) bond motifs is 1. The molecule has 1 fully saturated rings. The predicted molar refractivity (Wildman–Crippen MR) is 68.8 cm³/mol. The van der Waals surface area contributed by atoms with Crippen LogP contribution in [-0.4, -0.2) is 11.0 Å². The first-order valence-corrected chi connectivity index (χ1v) is 6.66. The van der Waals surface area contributed by atoms with Crippen LogP contribution in [0.25, 0.3) is 10.2 Å². The minimum Gasteiger partial charge on any atom is -0.327 e. The normalized spacial score (nSPS) is 17.9. The Morgan fingerprint density at radius 3 is 3.00 bits per heavy atom. The smallest absolute Gasteiger partial charge is 0.0954 e. The van der Waals surface area contributed by atoms with E-state index in [9.17, 15) is 0 Å². The van der Waals surface area contributed by atoms with Crippen LogP contribution in [-0.2, 0) is 6.42 Å². The van der Waals surface area contributed by atoms with Gasteiger partial charge in [0.05, 0.1) is 15.2 Å². The molecule has 16 heavy (non-hydrogen) atoms. The standard InChI is InChI=1S/C13H16N2S/c1-8-3-2-4-11-13(8)15-12(16-11)7-10(14)9-5-6-9/h2-4,9-10H,5-7,14H2,1H3. The number of aromatic nitrogens is 1. The van der Waals surface area contributed by atoms with Gasteiger partial charge in [-0.05, 0) is 37.3 Å². The Labute approximate surface area is 99.5 Å². The molecule has 2 nitrogen and oxygen atoms in total. The van der Waals surface area contributed by atoms with Crippen molar-refractivity contribution in [1.82, 2.24) is 4.98 Å². The molecule has 0 bridgehead atoms. The highest BCUT2D eigenvalue weighted by Gasteiger charge is 2.29. The van der Waals surface area contributed by atoms with Gasteiger partial charge in [-0.2, -0.15) is 0 Å². The lowest BCUT2D eigenvalue weighted by Gasteiger charge is -2.06. The van der Waals surface area contributed by atoms with Crippen LogP contribution in [0.5, 0.6) is 0 Å². The van der Waals surface area contributed by atoms with Gasteiger partial charge in [0.25, 0.3) is 0 Å². The number of hydrogen-bond donors (Lipinski definition) is 1. The minimum absolute atomic E-state index is 0.320. The molecule has 1 aliphatic rings. The lowest BCUT2D eigenvalue weighted by Crippen LogP contribution is -2.24. The molecule has 0 aliphatic heterocycles. The molecule has 0 amide bonds. The molecule has 2 aromatic rings. The first kappa shape index (κ1) is 10.2. The first-order valence-electron chi connectivity index (χ1n) is 5.84. The molecule has 1 aromatic carbocycles. The highest BCUT2D eigenvalue weighted by atomic mass is 32.1. The number of benzene rings is 1. The molecule has 84 valence electrons. The van der Waals surface area contributed by atoms with Gasteiger partial charge in [0.1, 0.15) is 0 Å². The van der Waals surface area contributed by atoms with E-state index in [0.29, 0.717) is 6.04 Å². The number of nitrogens with two attached hydrogens (primary N) is 1. The molecule has 0 saturated heterocycles. The molecule has 1 saturated carbocycles. The Balaban J connectivity index is 1.89. The van der Waals surface area contributed by atoms with E-state index >= 15 is 0 Å². The van der Waals surface area contributed by atoms with Gasteiger partial charge < -0.3 is 5.73 Å². The summed E-state index contributed by atoms with van der Waals surface area (Å²) in [4.78, 5) is 4.70. The molecule has 1 heterocycles. The van der Waals surface area contributed by atoms with Crippen LogP contribution in [0, 0.1) is 12.8 Å². The van der Waals surface area contributed by atoms with Crippen molar-refractivity contribution in [3.8, 4) is 0 Å². The zero-order chi connectivity index (χ0) is 11.1. The van der Waals surface area contributed by atoms with E-state index in [2.05, 4.69) is 25.1 Å². The van der Waals surface area contributed by atoms with E-state index in [1.54, 1.807) is 11.3 Å². The molecule has 0 spiro atoms.